The molecule has 4 rings (SSSR count). The number of fused-ring (bicyclic) bond motifs is 3. The van der Waals surface area contributed by atoms with E-state index in [1.54, 1.807) is 43.3 Å². The van der Waals surface area contributed by atoms with Gasteiger partial charge < -0.3 is 10.3 Å². The predicted molar refractivity (Wildman–Crippen MR) is 121 cm³/mol. The lowest BCUT2D eigenvalue weighted by atomic mass is 9.76. The number of carbonyl (C=O) groups excluding carboxylic acids is 2. The van der Waals surface area contributed by atoms with E-state index in [0.717, 1.165) is 17.5 Å². The highest BCUT2D eigenvalue weighted by atomic mass is 32.2. The first-order chi connectivity index (χ1) is 14.4. The van der Waals surface area contributed by atoms with Crippen molar-refractivity contribution in [2.24, 2.45) is 5.41 Å². The number of aromatic amines is 1. The van der Waals surface area contributed by atoms with Crippen LogP contribution in [0.25, 0.3) is 10.9 Å². The van der Waals surface area contributed by atoms with Crippen molar-refractivity contribution in [3.05, 3.63) is 53.2 Å². The number of nitrogens with one attached hydrogen (secondary N) is 3. The summed E-state index contributed by atoms with van der Waals surface area (Å²) in [5, 5.41) is 3.41. The number of amides is 1. The Kier molecular flexibility index (Phi) is 4.93. The summed E-state index contributed by atoms with van der Waals surface area (Å²) >= 11 is 0. The molecule has 0 radical (unpaired) electrons. The average Bonchev–Trinajstić information content (AvgIpc) is 2.97. The van der Waals surface area contributed by atoms with Crippen molar-refractivity contribution in [3.8, 4) is 0 Å². The van der Waals surface area contributed by atoms with Gasteiger partial charge in [-0.05, 0) is 60.7 Å². The van der Waals surface area contributed by atoms with Crippen LogP contribution in [0.4, 0.5) is 11.4 Å². The van der Waals surface area contributed by atoms with Gasteiger partial charge in [-0.2, -0.15) is 0 Å². The van der Waals surface area contributed by atoms with Gasteiger partial charge in [-0.1, -0.05) is 13.8 Å². The Balaban J connectivity index is 1.69. The lowest BCUT2D eigenvalue weighted by molar-refractivity contribution is -0.114. The first-order valence-corrected chi connectivity index (χ1v) is 11.5. The quantitative estimate of drug-likeness (QED) is 0.560. The highest BCUT2D eigenvalue weighted by Gasteiger charge is 2.34. The predicted octanol–water partition coefficient (Wildman–Crippen LogP) is 4.39. The first kappa shape index (κ1) is 21.1. The molecule has 0 saturated carbocycles. The number of carbonyl (C=O) groups is 2. The zero-order valence-corrected chi connectivity index (χ0v) is 18.7. The van der Waals surface area contributed by atoms with E-state index in [4.69, 9.17) is 0 Å². The number of ketones is 1. The minimum Gasteiger partial charge on any atom is -0.358 e. The molecule has 0 aliphatic heterocycles. The first-order valence-electron chi connectivity index (χ1n) is 10.0. The molecule has 2 aromatic carbocycles. The third-order valence-corrected chi connectivity index (χ3v) is 7.02. The summed E-state index contributed by atoms with van der Waals surface area (Å²) < 4.78 is 28.7. The molecule has 0 unspecified atom stereocenters. The number of benzene rings is 2. The maximum Gasteiger partial charge on any atom is 0.262 e. The molecule has 1 heterocycles. The van der Waals surface area contributed by atoms with Crippen molar-refractivity contribution < 1.29 is 18.0 Å². The van der Waals surface area contributed by atoms with Gasteiger partial charge in [-0.3, -0.25) is 14.3 Å². The Morgan fingerprint density at radius 3 is 2.35 bits per heavy atom. The Hall–Kier alpha value is -3.13. The number of aromatic nitrogens is 1. The van der Waals surface area contributed by atoms with Crippen LogP contribution in [0.15, 0.2) is 41.3 Å². The molecule has 31 heavy (non-hydrogen) atoms. The van der Waals surface area contributed by atoms with E-state index in [1.807, 2.05) is 0 Å². The molecule has 7 nitrogen and oxygen atoms in total. The van der Waals surface area contributed by atoms with Crippen LogP contribution < -0.4 is 10.0 Å². The molecular formula is C23H25N3O4S. The summed E-state index contributed by atoms with van der Waals surface area (Å²) in [6, 6.07) is 9.80. The molecule has 1 amide bonds. The van der Waals surface area contributed by atoms with Gasteiger partial charge in [0.15, 0.2) is 5.78 Å². The number of H-pyrrole nitrogens is 1. The normalized spacial score (nSPS) is 15.5. The van der Waals surface area contributed by atoms with Crippen LogP contribution in [0.3, 0.4) is 0 Å². The van der Waals surface area contributed by atoms with Crippen molar-refractivity contribution in [1.82, 2.24) is 4.98 Å². The highest BCUT2D eigenvalue weighted by Crippen LogP contribution is 2.39. The molecule has 8 heteroatoms. The van der Waals surface area contributed by atoms with Crippen LogP contribution in [-0.2, 0) is 21.2 Å². The Morgan fingerprint density at radius 1 is 1.06 bits per heavy atom. The highest BCUT2D eigenvalue weighted by molar-refractivity contribution is 7.92. The van der Waals surface area contributed by atoms with Gasteiger partial charge in [0.25, 0.3) is 10.0 Å². The van der Waals surface area contributed by atoms with E-state index in [2.05, 4.69) is 28.9 Å². The minimum atomic E-state index is -3.85. The topological polar surface area (TPSA) is 108 Å². The fourth-order valence-electron chi connectivity index (χ4n) is 4.23. The van der Waals surface area contributed by atoms with Crippen molar-refractivity contribution in [2.45, 2.75) is 45.4 Å². The summed E-state index contributed by atoms with van der Waals surface area (Å²) in [5.74, 6) is -0.113. The van der Waals surface area contributed by atoms with Crippen molar-refractivity contribution in [2.75, 3.05) is 10.0 Å². The lowest BCUT2D eigenvalue weighted by Crippen LogP contribution is -2.26. The van der Waals surface area contributed by atoms with Crippen LogP contribution in [0.2, 0.25) is 0 Å². The summed E-state index contributed by atoms with van der Waals surface area (Å²) in [5.41, 5.74) is 3.60. The zero-order chi connectivity index (χ0) is 22.6. The molecule has 3 N–H and O–H groups in total. The Labute approximate surface area is 181 Å². The third kappa shape index (κ3) is 4.07. The molecule has 1 aliphatic carbocycles. The summed E-state index contributed by atoms with van der Waals surface area (Å²) in [6.07, 6.45) is 1.21. The van der Waals surface area contributed by atoms with E-state index in [-0.39, 0.29) is 22.0 Å². The largest absolute Gasteiger partial charge is 0.358 e. The third-order valence-electron chi connectivity index (χ3n) is 5.49. The monoisotopic (exact) mass is 439 g/mol. The number of aryl methyl sites for hydroxylation is 1. The Bertz CT molecular complexity index is 1320. The van der Waals surface area contributed by atoms with E-state index in [0.29, 0.717) is 34.4 Å². The SMILES string of the molecule is CC(=O)Nc1ccc(NS(=O)(=O)c2cc3[nH]c4c(c3cc2C)C(=O)CC(C)(C)C4)cc1. The maximum atomic E-state index is 13.1. The summed E-state index contributed by atoms with van der Waals surface area (Å²) in [4.78, 5) is 27.3. The molecule has 162 valence electrons. The van der Waals surface area contributed by atoms with E-state index in [1.165, 1.54) is 6.92 Å². The van der Waals surface area contributed by atoms with Crippen LogP contribution in [-0.4, -0.2) is 25.1 Å². The molecular weight excluding hydrogens is 414 g/mol. The maximum absolute atomic E-state index is 13.1. The number of Topliss-reactive ketones (excluding diaryl/α,β-unsaturated/α-hetero) is 1. The van der Waals surface area contributed by atoms with E-state index in [9.17, 15) is 18.0 Å². The minimum absolute atomic E-state index is 0.0879. The number of hydrogen-bond acceptors (Lipinski definition) is 4. The number of anilines is 2. The van der Waals surface area contributed by atoms with Crippen LogP contribution >= 0.6 is 0 Å². The summed E-state index contributed by atoms with van der Waals surface area (Å²) in [6.45, 7) is 7.25. The van der Waals surface area contributed by atoms with Crippen LogP contribution in [0, 0.1) is 12.3 Å². The lowest BCUT2D eigenvalue weighted by Gasteiger charge is -2.28. The number of hydrogen-bond donors (Lipinski definition) is 3. The van der Waals surface area contributed by atoms with Gasteiger partial charge >= 0.3 is 0 Å². The second kappa shape index (κ2) is 7.23. The number of sulfonamides is 1. The molecule has 0 bridgehead atoms. The Morgan fingerprint density at radius 2 is 1.71 bits per heavy atom. The second-order valence-electron chi connectivity index (χ2n) is 8.95. The second-order valence-corrected chi connectivity index (χ2v) is 10.6. The van der Waals surface area contributed by atoms with Gasteiger partial charge in [0.2, 0.25) is 5.91 Å². The van der Waals surface area contributed by atoms with E-state index >= 15 is 0 Å². The molecule has 0 saturated heterocycles. The fraction of sp³-hybridized carbons (Fsp3) is 0.304. The van der Waals surface area contributed by atoms with Gasteiger partial charge in [0, 0.05) is 46.9 Å². The molecule has 0 atom stereocenters. The van der Waals surface area contributed by atoms with Crippen LogP contribution in [0.5, 0.6) is 0 Å². The summed E-state index contributed by atoms with van der Waals surface area (Å²) in [7, 11) is -3.85. The fourth-order valence-corrected chi connectivity index (χ4v) is 5.54. The van der Waals surface area contributed by atoms with Crippen molar-refractivity contribution in [3.63, 3.8) is 0 Å². The average molecular weight is 440 g/mol. The van der Waals surface area contributed by atoms with Crippen LogP contribution in [0.1, 0.15) is 48.8 Å². The molecule has 0 spiro atoms. The number of rotatable bonds is 4. The zero-order valence-electron chi connectivity index (χ0n) is 17.9. The molecule has 1 aromatic heterocycles. The molecule has 1 aliphatic rings. The van der Waals surface area contributed by atoms with Gasteiger partial charge in [0.1, 0.15) is 0 Å². The molecule has 3 aromatic rings. The van der Waals surface area contributed by atoms with Gasteiger partial charge in [-0.15, -0.1) is 0 Å². The van der Waals surface area contributed by atoms with Gasteiger partial charge in [-0.25, -0.2) is 8.42 Å². The smallest absolute Gasteiger partial charge is 0.262 e. The molecule has 0 fully saturated rings. The van der Waals surface area contributed by atoms with E-state index < -0.39 is 10.0 Å². The van der Waals surface area contributed by atoms with Crippen molar-refractivity contribution in [1.29, 1.82) is 0 Å². The van der Waals surface area contributed by atoms with Gasteiger partial charge in [0.05, 0.1) is 4.90 Å². The van der Waals surface area contributed by atoms with Crippen molar-refractivity contribution >= 4 is 44.0 Å². The standard InChI is InChI=1S/C23H25N3O4S/c1-13-9-17-18(25-19-11-23(3,4)12-20(28)22(17)19)10-21(13)31(29,30)26-16-7-5-15(6-8-16)24-14(2)27/h5-10,25-26H,11-12H2,1-4H3,(H,24,27).